The highest BCUT2D eigenvalue weighted by Crippen LogP contribution is 2.28. The summed E-state index contributed by atoms with van der Waals surface area (Å²) in [7, 11) is 1.27. The highest BCUT2D eigenvalue weighted by Gasteiger charge is 2.43. The average molecular weight is 289 g/mol. The Morgan fingerprint density at radius 3 is 2.70 bits per heavy atom. The number of benzene rings is 1. The van der Waals surface area contributed by atoms with Gasteiger partial charge < -0.3 is 9.84 Å². The van der Waals surface area contributed by atoms with Crippen LogP contribution in [0, 0.1) is 0 Å². The Labute approximate surface area is 113 Å². The molecule has 20 heavy (non-hydrogen) atoms. The molecule has 1 aliphatic heterocycles. The van der Waals surface area contributed by atoms with Crippen molar-refractivity contribution in [3.8, 4) is 0 Å². The molecule has 0 aliphatic carbocycles. The molecule has 1 atom stereocenters. The van der Waals surface area contributed by atoms with E-state index in [9.17, 15) is 23.1 Å². The molecular formula is C13H14F3NO3. The molecule has 0 radical (unpaired) electrons. The van der Waals surface area contributed by atoms with Gasteiger partial charge in [-0.15, -0.1) is 0 Å². The predicted molar refractivity (Wildman–Crippen MR) is 64.0 cm³/mol. The van der Waals surface area contributed by atoms with Crippen LogP contribution in [0.5, 0.6) is 0 Å². The second-order valence-corrected chi connectivity index (χ2v) is 4.61. The molecule has 110 valence electrons. The molecule has 4 nitrogen and oxygen atoms in total. The van der Waals surface area contributed by atoms with E-state index in [0.29, 0.717) is 17.5 Å². The summed E-state index contributed by atoms with van der Waals surface area (Å²) in [5.41, 5.74) is 1.85. The van der Waals surface area contributed by atoms with Crippen molar-refractivity contribution in [2.24, 2.45) is 0 Å². The van der Waals surface area contributed by atoms with Crippen molar-refractivity contribution in [1.82, 2.24) is 4.90 Å². The minimum absolute atomic E-state index is 0.00252. The van der Waals surface area contributed by atoms with Crippen LogP contribution in [0.2, 0.25) is 0 Å². The Kier molecular flexibility index (Phi) is 4.01. The number of methoxy groups -OCH3 is 1. The van der Waals surface area contributed by atoms with Gasteiger partial charge >= 0.3 is 12.1 Å². The summed E-state index contributed by atoms with van der Waals surface area (Å²) < 4.78 is 42.0. The lowest BCUT2D eigenvalue weighted by Crippen LogP contribution is -2.47. The fourth-order valence-corrected chi connectivity index (χ4v) is 2.24. The van der Waals surface area contributed by atoms with Gasteiger partial charge in [0, 0.05) is 13.1 Å². The molecule has 0 saturated carbocycles. The minimum Gasteiger partial charge on any atom is -0.465 e. The standard InChI is InChI=1S/C13H14F3NO3/c1-20-11(18)9-2-3-10-7-17(5-4-8(10)6-9)12(19)13(14,15)16/h2-3,6,12,19H,4-5,7H2,1H3. The van der Waals surface area contributed by atoms with Crippen LogP contribution in [-0.2, 0) is 17.7 Å². The van der Waals surface area contributed by atoms with Gasteiger partial charge in [0.2, 0.25) is 6.23 Å². The number of esters is 1. The van der Waals surface area contributed by atoms with Crippen molar-refractivity contribution >= 4 is 5.97 Å². The number of fused-ring (bicyclic) bond motifs is 1. The fraction of sp³-hybridized carbons (Fsp3) is 0.462. The molecule has 1 aromatic carbocycles. The molecule has 1 unspecified atom stereocenters. The summed E-state index contributed by atoms with van der Waals surface area (Å²) in [6, 6.07) is 4.73. The lowest BCUT2D eigenvalue weighted by molar-refractivity contribution is -0.252. The van der Waals surface area contributed by atoms with Gasteiger partial charge in [-0.25, -0.2) is 4.79 Å². The van der Waals surface area contributed by atoms with Crippen molar-refractivity contribution in [3.05, 3.63) is 34.9 Å². The Bertz CT molecular complexity index is 516. The van der Waals surface area contributed by atoms with Gasteiger partial charge in [-0.3, -0.25) is 4.90 Å². The predicted octanol–water partition coefficient (Wildman–Crippen LogP) is 1.71. The molecule has 7 heteroatoms. The van der Waals surface area contributed by atoms with Gasteiger partial charge in [-0.05, 0) is 29.7 Å². The largest absolute Gasteiger partial charge is 0.465 e. The van der Waals surface area contributed by atoms with E-state index in [1.807, 2.05) is 0 Å². The highest BCUT2D eigenvalue weighted by molar-refractivity contribution is 5.89. The third-order valence-electron chi connectivity index (χ3n) is 3.31. The van der Waals surface area contributed by atoms with E-state index in [-0.39, 0.29) is 13.1 Å². The third kappa shape index (κ3) is 2.94. The maximum atomic E-state index is 12.5. The number of aliphatic hydroxyl groups excluding tert-OH is 1. The van der Waals surface area contributed by atoms with Gasteiger partial charge in [0.25, 0.3) is 0 Å². The number of ether oxygens (including phenoxy) is 1. The van der Waals surface area contributed by atoms with Crippen molar-refractivity contribution in [2.45, 2.75) is 25.4 Å². The van der Waals surface area contributed by atoms with Crippen LogP contribution in [-0.4, -0.2) is 42.0 Å². The first-order valence-corrected chi connectivity index (χ1v) is 6.02. The Balaban J connectivity index is 2.18. The van der Waals surface area contributed by atoms with Gasteiger partial charge in [-0.1, -0.05) is 6.07 Å². The number of hydrogen-bond donors (Lipinski definition) is 1. The zero-order valence-corrected chi connectivity index (χ0v) is 10.8. The molecule has 0 fully saturated rings. The molecule has 0 spiro atoms. The molecule has 0 saturated heterocycles. The topological polar surface area (TPSA) is 49.8 Å². The summed E-state index contributed by atoms with van der Waals surface area (Å²) in [4.78, 5) is 12.3. The van der Waals surface area contributed by atoms with E-state index >= 15 is 0 Å². The Hall–Kier alpha value is -1.60. The first-order valence-electron chi connectivity index (χ1n) is 6.02. The van der Waals surface area contributed by atoms with Crippen LogP contribution < -0.4 is 0 Å². The molecule has 1 aliphatic rings. The number of hydrogen-bond acceptors (Lipinski definition) is 4. The molecule has 1 aromatic rings. The number of carbonyl (C=O) groups excluding carboxylic acids is 1. The quantitative estimate of drug-likeness (QED) is 0.842. The van der Waals surface area contributed by atoms with Gasteiger partial charge in [-0.2, -0.15) is 13.2 Å². The number of nitrogens with zero attached hydrogens (tertiary/aromatic N) is 1. The molecule has 2 rings (SSSR count). The normalized spacial score (nSPS) is 17.4. The second kappa shape index (κ2) is 5.41. The van der Waals surface area contributed by atoms with Crippen molar-refractivity contribution in [2.75, 3.05) is 13.7 Å². The first kappa shape index (κ1) is 14.8. The van der Waals surface area contributed by atoms with Gasteiger partial charge in [0.15, 0.2) is 0 Å². The number of alkyl halides is 3. The Morgan fingerprint density at radius 1 is 1.40 bits per heavy atom. The van der Waals surface area contributed by atoms with Crippen LogP contribution in [0.15, 0.2) is 18.2 Å². The van der Waals surface area contributed by atoms with E-state index < -0.39 is 18.4 Å². The number of aliphatic hydroxyl groups is 1. The van der Waals surface area contributed by atoms with E-state index in [2.05, 4.69) is 4.74 Å². The molecule has 0 bridgehead atoms. The number of rotatable bonds is 2. The van der Waals surface area contributed by atoms with E-state index in [1.54, 1.807) is 12.1 Å². The smallest absolute Gasteiger partial charge is 0.428 e. The molecule has 1 heterocycles. The SMILES string of the molecule is COC(=O)c1ccc2c(c1)CCN(C(O)C(F)(F)F)C2. The molecule has 0 amide bonds. The monoisotopic (exact) mass is 289 g/mol. The zero-order valence-electron chi connectivity index (χ0n) is 10.8. The first-order chi connectivity index (χ1) is 9.32. The summed E-state index contributed by atoms with van der Waals surface area (Å²) >= 11 is 0. The summed E-state index contributed by atoms with van der Waals surface area (Å²) in [5.74, 6) is -0.481. The van der Waals surface area contributed by atoms with Crippen LogP contribution >= 0.6 is 0 Å². The van der Waals surface area contributed by atoms with Crippen LogP contribution in [0.4, 0.5) is 13.2 Å². The lowest BCUT2D eigenvalue weighted by Gasteiger charge is -2.33. The minimum atomic E-state index is -4.66. The van der Waals surface area contributed by atoms with E-state index in [4.69, 9.17) is 0 Å². The number of halogens is 3. The van der Waals surface area contributed by atoms with Crippen molar-refractivity contribution < 1.29 is 27.8 Å². The Morgan fingerprint density at radius 2 is 2.10 bits per heavy atom. The molecule has 0 aromatic heterocycles. The molecule has 1 N–H and O–H groups in total. The lowest BCUT2D eigenvalue weighted by atomic mass is 9.97. The van der Waals surface area contributed by atoms with Crippen molar-refractivity contribution in [1.29, 1.82) is 0 Å². The van der Waals surface area contributed by atoms with Crippen LogP contribution in [0.25, 0.3) is 0 Å². The van der Waals surface area contributed by atoms with Gasteiger partial charge in [0.05, 0.1) is 12.7 Å². The fourth-order valence-electron chi connectivity index (χ4n) is 2.24. The molecular weight excluding hydrogens is 275 g/mol. The number of carbonyl (C=O) groups is 1. The highest BCUT2D eigenvalue weighted by atomic mass is 19.4. The maximum Gasteiger partial charge on any atom is 0.428 e. The van der Waals surface area contributed by atoms with E-state index in [1.165, 1.54) is 13.2 Å². The second-order valence-electron chi connectivity index (χ2n) is 4.61. The van der Waals surface area contributed by atoms with E-state index in [0.717, 1.165) is 10.5 Å². The summed E-state index contributed by atoms with van der Waals surface area (Å²) in [6.45, 7) is 0.0791. The van der Waals surface area contributed by atoms with Crippen molar-refractivity contribution in [3.63, 3.8) is 0 Å². The summed E-state index contributed by atoms with van der Waals surface area (Å²) in [6.07, 6.45) is -6.78. The third-order valence-corrected chi connectivity index (χ3v) is 3.31. The summed E-state index contributed by atoms with van der Waals surface area (Å²) in [5, 5.41) is 9.24. The van der Waals surface area contributed by atoms with Crippen LogP contribution in [0.3, 0.4) is 0 Å². The maximum absolute atomic E-state index is 12.5. The zero-order chi connectivity index (χ0) is 14.9. The average Bonchev–Trinajstić information content (AvgIpc) is 2.43. The van der Waals surface area contributed by atoms with Gasteiger partial charge in [0.1, 0.15) is 0 Å². The van der Waals surface area contributed by atoms with Crippen LogP contribution in [0.1, 0.15) is 21.5 Å².